The van der Waals surface area contributed by atoms with Crippen LogP contribution >= 0.6 is 0 Å². The van der Waals surface area contributed by atoms with E-state index >= 15 is 0 Å². The standard InChI is InChI=1S/C25H18FN2O.C15H18NSi.Ir/c1-14-11-15(2)22(16(3)12-14)17-7-9-27-21(13-17)18-5-4-6-19-23-20(26)8-10-28-25(23)29-24(18)19;1-12-5-7-13(8-6-12)15-10-9-14(11-16-15)17(2,3)4;/h4,6-13H,1-3H3;5-7,9-11H,1-4H3;/q2*-1;/i;1D3;. The molecule has 0 bridgehead atoms. The third-order valence-electron chi connectivity index (χ3n) is 7.98. The van der Waals surface area contributed by atoms with Crippen molar-refractivity contribution in [2.24, 2.45) is 0 Å². The first kappa shape index (κ1) is 30.1. The van der Waals surface area contributed by atoms with Crippen molar-refractivity contribution in [3.05, 3.63) is 132 Å². The van der Waals surface area contributed by atoms with Gasteiger partial charge in [-0.1, -0.05) is 73.3 Å². The van der Waals surface area contributed by atoms with Crippen LogP contribution in [0.25, 0.3) is 55.7 Å². The Hall–Kier alpha value is -4.29. The van der Waals surface area contributed by atoms with E-state index in [1.165, 1.54) is 45.8 Å². The van der Waals surface area contributed by atoms with E-state index in [-0.39, 0.29) is 31.6 Å². The molecule has 1 radical (unpaired) electrons. The Morgan fingerprint density at radius 3 is 2.23 bits per heavy atom. The van der Waals surface area contributed by atoms with Crippen LogP contribution < -0.4 is 5.19 Å². The van der Waals surface area contributed by atoms with Crippen LogP contribution in [-0.4, -0.2) is 23.0 Å². The van der Waals surface area contributed by atoms with E-state index < -0.39 is 14.9 Å². The smallest absolute Gasteiger partial charge is 0.219 e. The van der Waals surface area contributed by atoms with Gasteiger partial charge in [0.25, 0.3) is 0 Å². The molecule has 7 aromatic rings. The molecule has 0 aliphatic rings. The molecule has 0 atom stereocenters. The fourth-order valence-electron chi connectivity index (χ4n) is 5.75. The van der Waals surface area contributed by atoms with Crippen LogP contribution in [0.2, 0.25) is 19.6 Å². The van der Waals surface area contributed by atoms with Crippen molar-refractivity contribution in [3.63, 3.8) is 0 Å². The minimum Gasteiger partial charge on any atom is -0.486 e. The Kier molecular flexibility index (Phi) is 8.84. The SMILES string of the molecule is Cc1cc(C)c(-c2ccnc(-c3[c-]ccc4c3oc3nccc(F)c34)c2)c(C)c1.[2H]C([2H])([2H])c1c[c-]c(-c2ccc([Si](C)(C)C)cn2)cc1.[Ir]. The first-order chi connectivity index (χ1) is 23.2. The van der Waals surface area contributed by atoms with Crippen molar-refractivity contribution in [2.45, 2.75) is 47.3 Å². The zero-order chi connectivity index (χ0) is 35.1. The number of rotatable bonds is 4. The third-order valence-corrected chi connectivity index (χ3v) is 10.0. The van der Waals surface area contributed by atoms with Crippen molar-refractivity contribution in [1.29, 1.82) is 0 Å². The van der Waals surface area contributed by atoms with Crippen LogP contribution in [0.3, 0.4) is 0 Å². The number of furan rings is 1. The summed E-state index contributed by atoms with van der Waals surface area (Å²) in [5.74, 6) is -0.349. The second-order valence-electron chi connectivity index (χ2n) is 12.5. The topological polar surface area (TPSA) is 51.8 Å². The van der Waals surface area contributed by atoms with Gasteiger partial charge in [-0.2, -0.15) is 0 Å². The van der Waals surface area contributed by atoms with Gasteiger partial charge in [-0.25, -0.2) is 9.37 Å². The average molecular weight is 817 g/mol. The summed E-state index contributed by atoms with van der Waals surface area (Å²) in [6, 6.07) is 28.5. The van der Waals surface area contributed by atoms with Gasteiger partial charge in [0, 0.05) is 42.8 Å². The molecule has 0 aliphatic carbocycles. The molecule has 0 saturated carbocycles. The maximum absolute atomic E-state index is 14.4. The van der Waals surface area contributed by atoms with Gasteiger partial charge in [-0.15, -0.1) is 53.6 Å². The summed E-state index contributed by atoms with van der Waals surface area (Å²) in [6.07, 6.45) is 5.12. The van der Waals surface area contributed by atoms with Crippen molar-refractivity contribution in [1.82, 2.24) is 15.0 Å². The zero-order valence-corrected chi connectivity index (χ0v) is 30.5. The minimum absolute atomic E-state index is 0. The molecule has 47 heavy (non-hydrogen) atoms. The monoisotopic (exact) mass is 817 g/mol. The molecular formula is C40H36FIrN3OSi-2. The number of nitrogens with zero attached hydrogens (tertiary/aromatic N) is 3. The summed E-state index contributed by atoms with van der Waals surface area (Å²) >= 11 is 0. The molecule has 3 aromatic carbocycles. The van der Waals surface area contributed by atoms with E-state index in [4.69, 9.17) is 8.53 Å². The van der Waals surface area contributed by atoms with E-state index in [9.17, 15) is 4.39 Å². The van der Waals surface area contributed by atoms with Crippen molar-refractivity contribution < 1.29 is 33.0 Å². The van der Waals surface area contributed by atoms with Crippen molar-refractivity contribution in [3.8, 4) is 33.6 Å². The van der Waals surface area contributed by atoms with Gasteiger partial charge in [0.05, 0.1) is 19.0 Å². The van der Waals surface area contributed by atoms with E-state index in [0.29, 0.717) is 27.5 Å². The molecule has 7 rings (SSSR count). The number of hydrogen-bond donors (Lipinski definition) is 0. The third kappa shape index (κ3) is 7.18. The van der Waals surface area contributed by atoms with Crippen molar-refractivity contribution in [2.75, 3.05) is 0 Å². The van der Waals surface area contributed by atoms with Gasteiger partial charge < -0.3 is 14.4 Å². The van der Waals surface area contributed by atoms with Gasteiger partial charge in [0.15, 0.2) is 0 Å². The fourth-order valence-corrected chi connectivity index (χ4v) is 6.79. The first-order valence-electron chi connectivity index (χ1n) is 16.6. The number of aromatic nitrogens is 3. The first-order valence-corrected chi connectivity index (χ1v) is 18.6. The average Bonchev–Trinajstić information content (AvgIpc) is 3.44. The predicted molar refractivity (Wildman–Crippen MR) is 189 cm³/mol. The van der Waals surface area contributed by atoms with Crippen LogP contribution in [-0.2, 0) is 20.1 Å². The van der Waals surface area contributed by atoms with Gasteiger partial charge >= 0.3 is 0 Å². The predicted octanol–water partition coefficient (Wildman–Crippen LogP) is 9.97. The number of halogens is 1. The molecule has 0 aliphatic heterocycles. The Bertz CT molecular complexity index is 2220. The second-order valence-corrected chi connectivity index (χ2v) is 17.6. The van der Waals surface area contributed by atoms with Crippen molar-refractivity contribution >= 4 is 35.3 Å². The Morgan fingerprint density at radius 1 is 0.809 bits per heavy atom. The minimum atomic E-state index is -2.08. The number of benzene rings is 3. The summed E-state index contributed by atoms with van der Waals surface area (Å²) in [7, 11) is -1.34. The largest absolute Gasteiger partial charge is 0.486 e. The molecule has 0 fully saturated rings. The molecule has 0 N–H and O–H groups in total. The van der Waals surface area contributed by atoms with E-state index in [1.807, 2.05) is 24.4 Å². The fraction of sp³-hybridized carbons (Fsp3) is 0.175. The van der Waals surface area contributed by atoms with Gasteiger partial charge in [0.1, 0.15) is 5.82 Å². The molecule has 0 unspecified atom stereocenters. The maximum Gasteiger partial charge on any atom is 0.219 e. The van der Waals surface area contributed by atoms with Gasteiger partial charge in [-0.3, -0.25) is 0 Å². The molecule has 239 valence electrons. The molecule has 4 nitrogen and oxygen atoms in total. The quantitative estimate of drug-likeness (QED) is 0.131. The molecule has 4 heterocycles. The normalized spacial score (nSPS) is 12.4. The maximum atomic E-state index is 14.4. The Balaban J connectivity index is 0.000000204. The number of fused-ring (bicyclic) bond motifs is 3. The van der Waals surface area contributed by atoms with Gasteiger partial charge in [0.2, 0.25) is 5.71 Å². The second kappa shape index (κ2) is 13.8. The Labute approximate surface area is 294 Å². The zero-order valence-electron chi connectivity index (χ0n) is 30.1. The number of hydrogen-bond acceptors (Lipinski definition) is 4. The summed E-state index contributed by atoms with van der Waals surface area (Å²) in [5.41, 5.74) is 10.2. The summed E-state index contributed by atoms with van der Waals surface area (Å²) in [4.78, 5) is 13.2. The number of aryl methyl sites for hydroxylation is 4. The summed E-state index contributed by atoms with van der Waals surface area (Å²) in [5, 5.41) is 2.37. The van der Waals surface area contributed by atoms with E-state index in [1.54, 1.807) is 30.5 Å². The Morgan fingerprint density at radius 2 is 1.57 bits per heavy atom. The summed E-state index contributed by atoms with van der Waals surface area (Å²) in [6.45, 7) is 11.1. The molecular weight excluding hydrogens is 778 g/mol. The molecule has 7 heteroatoms. The molecule has 0 amide bonds. The molecule has 4 aromatic heterocycles. The van der Waals surface area contributed by atoms with Crippen LogP contribution in [0, 0.1) is 45.6 Å². The van der Waals surface area contributed by atoms with Crippen LogP contribution in [0.15, 0.2) is 95.8 Å². The van der Waals surface area contributed by atoms with E-state index in [2.05, 4.69) is 85.7 Å². The molecule has 0 saturated heterocycles. The van der Waals surface area contributed by atoms with E-state index in [0.717, 1.165) is 22.5 Å². The van der Waals surface area contributed by atoms with Crippen LogP contribution in [0.4, 0.5) is 4.39 Å². The van der Waals surface area contributed by atoms with Gasteiger partial charge in [-0.05, 0) is 71.7 Å². The van der Waals surface area contributed by atoms with Crippen LogP contribution in [0.1, 0.15) is 26.4 Å². The number of pyridine rings is 3. The molecule has 0 spiro atoms. The van der Waals surface area contributed by atoms with Crippen LogP contribution in [0.5, 0.6) is 0 Å². The summed E-state index contributed by atoms with van der Waals surface area (Å²) < 4.78 is 42.3.